The molecule has 0 saturated carbocycles. The highest BCUT2D eigenvalue weighted by Crippen LogP contribution is 2.18. The number of imidazole rings is 1. The van der Waals surface area contributed by atoms with Gasteiger partial charge in [-0.2, -0.15) is 0 Å². The molecular formula is C13H24N4. The number of anilines is 1. The first kappa shape index (κ1) is 12.4. The number of aromatic nitrogens is 2. The molecule has 4 heteroatoms. The molecule has 1 aliphatic heterocycles. The predicted molar refractivity (Wildman–Crippen MR) is 71.2 cm³/mol. The summed E-state index contributed by atoms with van der Waals surface area (Å²) in [5.74, 6) is 1.81. The minimum absolute atomic E-state index is 0.779. The maximum atomic E-state index is 4.39. The van der Waals surface area contributed by atoms with Gasteiger partial charge in [-0.05, 0) is 32.4 Å². The van der Waals surface area contributed by atoms with Gasteiger partial charge in [0, 0.05) is 32.0 Å². The van der Waals surface area contributed by atoms with Crippen molar-refractivity contribution in [3.8, 4) is 0 Å². The van der Waals surface area contributed by atoms with Crippen molar-refractivity contribution in [2.45, 2.75) is 32.7 Å². The number of hydrogen-bond acceptors (Lipinski definition) is 3. The van der Waals surface area contributed by atoms with E-state index in [1.54, 1.807) is 0 Å². The summed E-state index contributed by atoms with van der Waals surface area (Å²) in [5, 5.41) is 3.42. The first-order valence-electron chi connectivity index (χ1n) is 6.73. The minimum atomic E-state index is 0.779. The van der Waals surface area contributed by atoms with Gasteiger partial charge in [-0.1, -0.05) is 13.3 Å². The van der Waals surface area contributed by atoms with E-state index >= 15 is 0 Å². The summed E-state index contributed by atoms with van der Waals surface area (Å²) in [6, 6.07) is 0. The Kier molecular flexibility index (Phi) is 4.42. The quantitative estimate of drug-likeness (QED) is 0.767. The Bertz CT molecular complexity index is 334. The average molecular weight is 236 g/mol. The number of hydrogen-bond donors (Lipinski definition) is 1. The Morgan fingerprint density at radius 3 is 3.12 bits per heavy atom. The summed E-state index contributed by atoms with van der Waals surface area (Å²) >= 11 is 0. The van der Waals surface area contributed by atoms with Gasteiger partial charge in [0.25, 0.3) is 0 Å². The standard InChI is InChI=1S/C13H24N4/c1-3-4-6-14-13-15-7-9-17(13)11-12-5-8-16(2)10-12/h7,9,12H,3-6,8,10-11H2,1-2H3,(H,14,15). The van der Waals surface area contributed by atoms with Crippen molar-refractivity contribution in [2.24, 2.45) is 5.92 Å². The van der Waals surface area contributed by atoms with Gasteiger partial charge in [-0.15, -0.1) is 0 Å². The van der Waals surface area contributed by atoms with Crippen LogP contribution in [0, 0.1) is 5.92 Å². The van der Waals surface area contributed by atoms with Crippen molar-refractivity contribution >= 4 is 5.95 Å². The van der Waals surface area contributed by atoms with Crippen molar-refractivity contribution in [1.29, 1.82) is 0 Å². The monoisotopic (exact) mass is 236 g/mol. The normalized spacial score (nSPS) is 20.9. The molecule has 1 fully saturated rings. The molecule has 0 amide bonds. The third kappa shape index (κ3) is 3.46. The molecule has 1 saturated heterocycles. The fourth-order valence-electron chi connectivity index (χ4n) is 2.45. The van der Waals surface area contributed by atoms with Gasteiger partial charge in [-0.25, -0.2) is 4.98 Å². The molecule has 1 unspecified atom stereocenters. The lowest BCUT2D eigenvalue weighted by Crippen LogP contribution is -2.18. The van der Waals surface area contributed by atoms with Crippen molar-refractivity contribution in [3.05, 3.63) is 12.4 Å². The lowest BCUT2D eigenvalue weighted by atomic mass is 10.1. The van der Waals surface area contributed by atoms with Crippen molar-refractivity contribution in [2.75, 3.05) is 32.0 Å². The molecular weight excluding hydrogens is 212 g/mol. The minimum Gasteiger partial charge on any atom is -0.356 e. The van der Waals surface area contributed by atoms with Gasteiger partial charge in [0.15, 0.2) is 0 Å². The van der Waals surface area contributed by atoms with Gasteiger partial charge in [0.1, 0.15) is 0 Å². The predicted octanol–water partition coefficient (Wildman–Crippen LogP) is 2.05. The molecule has 4 nitrogen and oxygen atoms in total. The van der Waals surface area contributed by atoms with E-state index in [2.05, 4.69) is 39.9 Å². The largest absolute Gasteiger partial charge is 0.356 e. The number of nitrogens with zero attached hydrogens (tertiary/aromatic N) is 3. The SMILES string of the molecule is CCCCNc1nccn1CC1CCN(C)C1. The maximum Gasteiger partial charge on any atom is 0.202 e. The van der Waals surface area contributed by atoms with Gasteiger partial charge >= 0.3 is 0 Å². The highest BCUT2D eigenvalue weighted by atomic mass is 15.2. The van der Waals surface area contributed by atoms with Gasteiger partial charge in [0.2, 0.25) is 5.95 Å². The highest BCUT2D eigenvalue weighted by Gasteiger charge is 2.20. The summed E-state index contributed by atoms with van der Waals surface area (Å²) in [6.07, 6.45) is 7.72. The van der Waals surface area contributed by atoms with Gasteiger partial charge in [-0.3, -0.25) is 0 Å². The lowest BCUT2D eigenvalue weighted by Gasteiger charge is -2.14. The van der Waals surface area contributed by atoms with Crippen LogP contribution in [0.2, 0.25) is 0 Å². The van der Waals surface area contributed by atoms with Crippen LogP contribution in [0.4, 0.5) is 5.95 Å². The molecule has 17 heavy (non-hydrogen) atoms. The Labute approximate surface area is 104 Å². The van der Waals surface area contributed by atoms with E-state index in [9.17, 15) is 0 Å². The highest BCUT2D eigenvalue weighted by molar-refractivity contribution is 5.25. The molecule has 2 rings (SSSR count). The van der Waals surface area contributed by atoms with Crippen molar-refractivity contribution < 1.29 is 0 Å². The smallest absolute Gasteiger partial charge is 0.202 e. The van der Waals surface area contributed by atoms with Gasteiger partial charge < -0.3 is 14.8 Å². The van der Waals surface area contributed by atoms with Crippen LogP contribution in [0.3, 0.4) is 0 Å². The molecule has 96 valence electrons. The van der Waals surface area contributed by atoms with Crippen LogP contribution in [0.5, 0.6) is 0 Å². The zero-order valence-corrected chi connectivity index (χ0v) is 11.0. The van der Waals surface area contributed by atoms with E-state index in [1.165, 1.54) is 32.4 Å². The van der Waals surface area contributed by atoms with Crippen LogP contribution >= 0.6 is 0 Å². The maximum absolute atomic E-state index is 4.39. The molecule has 1 N–H and O–H groups in total. The van der Waals surface area contributed by atoms with E-state index in [1.807, 2.05) is 6.20 Å². The first-order valence-corrected chi connectivity index (χ1v) is 6.73. The van der Waals surface area contributed by atoms with Crippen LogP contribution in [0.15, 0.2) is 12.4 Å². The van der Waals surface area contributed by atoms with Crippen LogP contribution in [-0.4, -0.2) is 41.1 Å². The Morgan fingerprint density at radius 2 is 2.41 bits per heavy atom. The zero-order valence-electron chi connectivity index (χ0n) is 11.0. The molecule has 2 heterocycles. The fourth-order valence-corrected chi connectivity index (χ4v) is 2.45. The van der Waals surface area contributed by atoms with Crippen LogP contribution < -0.4 is 5.32 Å². The Morgan fingerprint density at radius 1 is 1.53 bits per heavy atom. The summed E-state index contributed by atoms with van der Waals surface area (Å²) < 4.78 is 2.26. The number of nitrogens with one attached hydrogen (secondary N) is 1. The zero-order chi connectivity index (χ0) is 12.1. The van der Waals surface area contributed by atoms with E-state index in [-0.39, 0.29) is 0 Å². The molecule has 1 aromatic rings. The number of unbranched alkanes of at least 4 members (excludes halogenated alkanes) is 1. The molecule has 0 radical (unpaired) electrons. The molecule has 0 aromatic carbocycles. The second-order valence-corrected chi connectivity index (χ2v) is 5.10. The lowest BCUT2D eigenvalue weighted by molar-refractivity contribution is 0.378. The molecule has 1 aromatic heterocycles. The summed E-state index contributed by atoms with van der Waals surface area (Å²) in [6.45, 7) is 6.78. The van der Waals surface area contributed by atoms with Crippen LogP contribution in [0.1, 0.15) is 26.2 Å². The van der Waals surface area contributed by atoms with E-state index in [0.29, 0.717) is 0 Å². The van der Waals surface area contributed by atoms with E-state index in [4.69, 9.17) is 0 Å². The second-order valence-electron chi connectivity index (χ2n) is 5.10. The number of rotatable bonds is 6. The molecule has 1 atom stereocenters. The molecule has 1 aliphatic rings. The van der Waals surface area contributed by atoms with E-state index < -0.39 is 0 Å². The summed E-state index contributed by atoms with van der Waals surface area (Å²) in [5.41, 5.74) is 0. The van der Waals surface area contributed by atoms with Crippen molar-refractivity contribution in [3.63, 3.8) is 0 Å². The molecule has 0 bridgehead atoms. The third-order valence-electron chi connectivity index (χ3n) is 3.47. The third-order valence-corrected chi connectivity index (χ3v) is 3.47. The second kappa shape index (κ2) is 6.05. The van der Waals surface area contributed by atoms with Gasteiger partial charge in [0.05, 0.1) is 0 Å². The van der Waals surface area contributed by atoms with Crippen LogP contribution in [0.25, 0.3) is 0 Å². The fraction of sp³-hybridized carbons (Fsp3) is 0.769. The first-order chi connectivity index (χ1) is 8.29. The topological polar surface area (TPSA) is 33.1 Å². The number of likely N-dealkylation sites (tertiary alicyclic amines) is 1. The van der Waals surface area contributed by atoms with Crippen LogP contribution in [-0.2, 0) is 6.54 Å². The molecule has 0 aliphatic carbocycles. The average Bonchev–Trinajstić information content (AvgIpc) is 2.90. The summed E-state index contributed by atoms with van der Waals surface area (Å²) in [7, 11) is 2.20. The Hall–Kier alpha value is -1.03. The van der Waals surface area contributed by atoms with Crippen molar-refractivity contribution in [1.82, 2.24) is 14.5 Å². The Balaban J connectivity index is 1.85. The molecule has 0 spiro atoms. The summed E-state index contributed by atoms with van der Waals surface area (Å²) in [4.78, 5) is 6.80. The van der Waals surface area contributed by atoms with E-state index in [0.717, 1.165) is 25.0 Å².